The Morgan fingerprint density at radius 1 is 1.21 bits per heavy atom. The standard InChI is InChI=1S/C19H18N2O2S/c22-18(23)14-7-8-16-17(14)21-10-15(20-19(21)24-16)13-6-5-11-3-1-2-4-12(11)9-13/h5-6,9-10,14H,1-4,7-8H2,(H,22,23). The predicted octanol–water partition coefficient (Wildman–Crippen LogP) is 4.06. The fourth-order valence-electron chi connectivity index (χ4n) is 4.13. The van der Waals surface area contributed by atoms with E-state index in [9.17, 15) is 9.90 Å². The van der Waals surface area contributed by atoms with Crippen LogP contribution in [0, 0.1) is 0 Å². The molecular weight excluding hydrogens is 320 g/mol. The van der Waals surface area contributed by atoms with Gasteiger partial charge in [0.05, 0.1) is 17.3 Å². The van der Waals surface area contributed by atoms with Crippen molar-refractivity contribution in [1.29, 1.82) is 0 Å². The number of nitrogens with zero attached hydrogens (tertiary/aromatic N) is 2. The maximum atomic E-state index is 11.5. The monoisotopic (exact) mass is 338 g/mol. The third kappa shape index (κ3) is 2.04. The fraction of sp³-hybridized carbons (Fsp3) is 0.368. The van der Waals surface area contributed by atoms with Gasteiger partial charge in [0.15, 0.2) is 4.96 Å². The zero-order valence-corrected chi connectivity index (χ0v) is 14.1. The molecule has 2 heterocycles. The van der Waals surface area contributed by atoms with Gasteiger partial charge in [-0.3, -0.25) is 9.20 Å². The van der Waals surface area contributed by atoms with Gasteiger partial charge in [0, 0.05) is 16.6 Å². The van der Waals surface area contributed by atoms with Crippen molar-refractivity contribution in [2.45, 2.75) is 44.4 Å². The highest BCUT2D eigenvalue weighted by atomic mass is 32.1. The smallest absolute Gasteiger partial charge is 0.312 e. The lowest BCUT2D eigenvalue weighted by molar-refractivity contribution is -0.138. The first-order valence-corrected chi connectivity index (χ1v) is 9.38. The minimum atomic E-state index is -0.725. The van der Waals surface area contributed by atoms with Crippen LogP contribution in [0.25, 0.3) is 16.2 Å². The average Bonchev–Trinajstić information content (AvgIpc) is 3.24. The van der Waals surface area contributed by atoms with Crippen LogP contribution >= 0.6 is 11.3 Å². The zero-order valence-electron chi connectivity index (χ0n) is 13.3. The van der Waals surface area contributed by atoms with Crippen LogP contribution in [0.15, 0.2) is 24.4 Å². The lowest BCUT2D eigenvalue weighted by Crippen LogP contribution is -2.09. The molecule has 1 atom stereocenters. The van der Waals surface area contributed by atoms with E-state index >= 15 is 0 Å². The molecule has 0 aliphatic heterocycles. The second-order valence-electron chi connectivity index (χ2n) is 6.81. The summed E-state index contributed by atoms with van der Waals surface area (Å²) < 4.78 is 2.01. The largest absolute Gasteiger partial charge is 0.481 e. The maximum Gasteiger partial charge on any atom is 0.312 e. The topological polar surface area (TPSA) is 54.6 Å². The summed E-state index contributed by atoms with van der Waals surface area (Å²) in [6.07, 6.45) is 8.48. The van der Waals surface area contributed by atoms with Gasteiger partial charge in [-0.15, -0.1) is 11.3 Å². The van der Waals surface area contributed by atoms with E-state index < -0.39 is 5.97 Å². The van der Waals surface area contributed by atoms with Gasteiger partial charge in [0.2, 0.25) is 0 Å². The van der Waals surface area contributed by atoms with E-state index in [1.165, 1.54) is 35.3 Å². The van der Waals surface area contributed by atoms with Gasteiger partial charge in [-0.25, -0.2) is 4.98 Å². The van der Waals surface area contributed by atoms with E-state index in [2.05, 4.69) is 18.2 Å². The molecule has 5 rings (SSSR count). The van der Waals surface area contributed by atoms with Gasteiger partial charge in [0.1, 0.15) is 0 Å². The van der Waals surface area contributed by atoms with Crippen molar-refractivity contribution >= 4 is 22.3 Å². The summed E-state index contributed by atoms with van der Waals surface area (Å²) in [7, 11) is 0. The van der Waals surface area contributed by atoms with Crippen LogP contribution in [-0.4, -0.2) is 20.5 Å². The van der Waals surface area contributed by atoms with E-state index in [4.69, 9.17) is 4.98 Å². The van der Waals surface area contributed by atoms with Gasteiger partial charge in [-0.1, -0.05) is 12.1 Å². The number of hydrogen-bond donors (Lipinski definition) is 1. The summed E-state index contributed by atoms with van der Waals surface area (Å²) in [5.41, 5.74) is 5.96. The highest BCUT2D eigenvalue weighted by Crippen LogP contribution is 2.40. The van der Waals surface area contributed by atoms with Crippen molar-refractivity contribution in [2.75, 3.05) is 0 Å². The maximum absolute atomic E-state index is 11.5. The molecule has 0 fully saturated rings. The summed E-state index contributed by atoms with van der Waals surface area (Å²) in [4.78, 5) is 18.4. The molecule has 24 heavy (non-hydrogen) atoms. The number of imidazole rings is 1. The van der Waals surface area contributed by atoms with Gasteiger partial charge < -0.3 is 5.11 Å². The van der Waals surface area contributed by atoms with Crippen LogP contribution in [0.2, 0.25) is 0 Å². The van der Waals surface area contributed by atoms with E-state index in [0.29, 0.717) is 6.42 Å². The Morgan fingerprint density at radius 3 is 2.88 bits per heavy atom. The summed E-state index contributed by atoms with van der Waals surface area (Å²) in [5.74, 6) is -1.11. The van der Waals surface area contributed by atoms with E-state index in [1.807, 2.05) is 10.6 Å². The molecule has 1 N–H and O–H groups in total. The molecule has 0 radical (unpaired) electrons. The third-order valence-electron chi connectivity index (χ3n) is 5.37. The molecule has 0 bridgehead atoms. The van der Waals surface area contributed by atoms with Gasteiger partial charge in [-0.05, 0) is 55.7 Å². The van der Waals surface area contributed by atoms with Crippen LogP contribution in [0.3, 0.4) is 0 Å². The zero-order chi connectivity index (χ0) is 16.3. The Labute approximate surface area is 143 Å². The van der Waals surface area contributed by atoms with Gasteiger partial charge in [-0.2, -0.15) is 0 Å². The van der Waals surface area contributed by atoms with Crippen molar-refractivity contribution in [2.24, 2.45) is 0 Å². The number of rotatable bonds is 2. The molecule has 2 aliphatic carbocycles. The highest BCUT2D eigenvalue weighted by Gasteiger charge is 2.33. The van der Waals surface area contributed by atoms with E-state index in [-0.39, 0.29) is 5.92 Å². The average molecular weight is 338 g/mol. The van der Waals surface area contributed by atoms with Gasteiger partial charge >= 0.3 is 5.97 Å². The van der Waals surface area contributed by atoms with Crippen LogP contribution < -0.4 is 0 Å². The number of aliphatic carboxylic acids is 1. The molecule has 2 aromatic heterocycles. The molecule has 5 heteroatoms. The number of thiazole rings is 1. The third-order valence-corrected chi connectivity index (χ3v) is 6.50. The van der Waals surface area contributed by atoms with Crippen molar-refractivity contribution in [3.63, 3.8) is 0 Å². The van der Waals surface area contributed by atoms with Crippen molar-refractivity contribution in [1.82, 2.24) is 9.38 Å². The molecular formula is C19H18N2O2S. The van der Waals surface area contributed by atoms with Crippen molar-refractivity contribution in [3.05, 3.63) is 46.1 Å². The minimum Gasteiger partial charge on any atom is -0.481 e. The SMILES string of the molecule is O=C(O)C1CCc2sc3nc(-c4ccc5c(c4)CCCC5)cn3c21. The summed E-state index contributed by atoms with van der Waals surface area (Å²) >= 11 is 1.64. The molecule has 1 unspecified atom stereocenters. The Bertz CT molecular complexity index is 969. The number of aryl methyl sites for hydroxylation is 3. The molecule has 0 saturated carbocycles. The summed E-state index contributed by atoms with van der Waals surface area (Å²) in [6, 6.07) is 6.67. The second-order valence-corrected chi connectivity index (χ2v) is 7.87. The fourth-order valence-corrected chi connectivity index (χ4v) is 5.31. The molecule has 1 aromatic carbocycles. The molecule has 0 spiro atoms. The molecule has 0 amide bonds. The Morgan fingerprint density at radius 2 is 2.04 bits per heavy atom. The van der Waals surface area contributed by atoms with Crippen LogP contribution in [-0.2, 0) is 24.1 Å². The van der Waals surface area contributed by atoms with E-state index in [1.54, 1.807) is 11.3 Å². The molecule has 4 nitrogen and oxygen atoms in total. The quantitative estimate of drug-likeness (QED) is 0.767. The van der Waals surface area contributed by atoms with Crippen LogP contribution in [0.5, 0.6) is 0 Å². The van der Waals surface area contributed by atoms with Crippen molar-refractivity contribution < 1.29 is 9.90 Å². The first-order chi connectivity index (χ1) is 11.7. The number of aromatic nitrogens is 2. The number of carboxylic acids is 1. The van der Waals surface area contributed by atoms with E-state index in [0.717, 1.165) is 34.8 Å². The normalized spacial score (nSPS) is 19.4. The number of hydrogen-bond acceptors (Lipinski definition) is 3. The first-order valence-electron chi connectivity index (χ1n) is 8.56. The predicted molar refractivity (Wildman–Crippen MR) is 93.8 cm³/mol. The van der Waals surface area contributed by atoms with Crippen LogP contribution in [0.1, 0.15) is 46.9 Å². The van der Waals surface area contributed by atoms with Crippen molar-refractivity contribution in [3.8, 4) is 11.3 Å². The number of fused-ring (bicyclic) bond motifs is 4. The van der Waals surface area contributed by atoms with Crippen LogP contribution in [0.4, 0.5) is 0 Å². The lowest BCUT2D eigenvalue weighted by Gasteiger charge is -2.16. The molecule has 122 valence electrons. The Kier molecular flexibility index (Phi) is 3.07. The van der Waals surface area contributed by atoms with Gasteiger partial charge in [0.25, 0.3) is 0 Å². The Hall–Kier alpha value is -2.14. The summed E-state index contributed by atoms with van der Waals surface area (Å²) in [6.45, 7) is 0. The highest BCUT2D eigenvalue weighted by molar-refractivity contribution is 7.17. The molecule has 3 aromatic rings. The molecule has 0 saturated heterocycles. The number of carbonyl (C=O) groups is 1. The molecule has 2 aliphatic rings. The number of benzene rings is 1. The minimum absolute atomic E-state index is 0.390. The second kappa shape index (κ2) is 5.18. The Balaban J connectivity index is 1.60. The number of carboxylic acid groups (broad SMARTS) is 1. The first kappa shape index (κ1) is 14.2. The summed E-state index contributed by atoms with van der Waals surface area (Å²) in [5, 5.41) is 9.46. The lowest BCUT2D eigenvalue weighted by atomic mass is 9.90.